The molecule has 0 radical (unpaired) electrons. The molecule has 3 rings (SSSR count). The lowest BCUT2D eigenvalue weighted by Crippen LogP contribution is -2.19. The number of nitro groups is 1. The van der Waals surface area contributed by atoms with Crippen molar-refractivity contribution in [2.45, 2.75) is 11.8 Å². The minimum atomic E-state index is -0.606. The average molecular weight is 304 g/mol. The highest BCUT2D eigenvalue weighted by Crippen LogP contribution is 2.36. The first-order valence-electron chi connectivity index (χ1n) is 6.51. The van der Waals surface area contributed by atoms with Gasteiger partial charge in [0, 0.05) is 11.5 Å². The van der Waals surface area contributed by atoms with Crippen molar-refractivity contribution in [3.8, 4) is 0 Å². The molecular formula is C15H13FN2O2S. The molecule has 6 heteroatoms. The van der Waals surface area contributed by atoms with Crippen molar-refractivity contribution in [1.82, 2.24) is 0 Å². The normalized spacial score (nSPS) is 17.1. The number of hydrogen-bond donors (Lipinski definition) is 1. The fourth-order valence-electron chi connectivity index (χ4n) is 2.47. The van der Waals surface area contributed by atoms with Gasteiger partial charge < -0.3 is 5.32 Å². The second kappa shape index (κ2) is 5.73. The van der Waals surface area contributed by atoms with E-state index in [-0.39, 0.29) is 11.7 Å². The molecule has 1 atom stereocenters. The average Bonchev–Trinajstić information content (AvgIpc) is 2.49. The fourth-order valence-corrected chi connectivity index (χ4v) is 3.57. The van der Waals surface area contributed by atoms with Gasteiger partial charge in [0.1, 0.15) is 11.5 Å². The van der Waals surface area contributed by atoms with E-state index >= 15 is 0 Å². The van der Waals surface area contributed by atoms with Crippen LogP contribution in [0.1, 0.15) is 17.2 Å². The lowest BCUT2D eigenvalue weighted by Gasteiger charge is -2.26. The SMILES string of the molecule is O=[N+]([O-])c1cc(F)ccc1NC1CSCc2ccccc21. The molecule has 108 valence electrons. The Bertz CT molecular complexity index is 693. The number of rotatable bonds is 3. The molecule has 0 saturated carbocycles. The summed E-state index contributed by atoms with van der Waals surface area (Å²) in [6.07, 6.45) is 0. The van der Waals surface area contributed by atoms with Crippen LogP contribution in [0, 0.1) is 15.9 Å². The third-order valence-electron chi connectivity index (χ3n) is 3.46. The van der Waals surface area contributed by atoms with Crippen LogP contribution in [0.15, 0.2) is 42.5 Å². The van der Waals surface area contributed by atoms with Gasteiger partial charge in [0.15, 0.2) is 0 Å². The second-order valence-corrected chi connectivity index (χ2v) is 5.86. The van der Waals surface area contributed by atoms with E-state index < -0.39 is 10.7 Å². The van der Waals surface area contributed by atoms with Gasteiger partial charge in [-0.15, -0.1) is 0 Å². The quantitative estimate of drug-likeness (QED) is 0.684. The maximum Gasteiger partial charge on any atom is 0.295 e. The second-order valence-electron chi connectivity index (χ2n) is 4.83. The van der Waals surface area contributed by atoms with Crippen LogP contribution in [0.2, 0.25) is 0 Å². The fraction of sp³-hybridized carbons (Fsp3) is 0.200. The van der Waals surface area contributed by atoms with Crippen LogP contribution in [0.3, 0.4) is 0 Å². The van der Waals surface area contributed by atoms with Gasteiger partial charge in [-0.25, -0.2) is 4.39 Å². The minimum Gasteiger partial charge on any atom is -0.372 e. The van der Waals surface area contributed by atoms with Crippen LogP contribution in [-0.4, -0.2) is 10.7 Å². The van der Waals surface area contributed by atoms with E-state index in [1.165, 1.54) is 17.7 Å². The predicted molar refractivity (Wildman–Crippen MR) is 82.0 cm³/mol. The first-order chi connectivity index (χ1) is 10.1. The molecule has 2 aromatic carbocycles. The largest absolute Gasteiger partial charge is 0.372 e. The third kappa shape index (κ3) is 2.85. The summed E-state index contributed by atoms with van der Waals surface area (Å²) >= 11 is 1.78. The Morgan fingerprint density at radius 2 is 2.10 bits per heavy atom. The molecule has 21 heavy (non-hydrogen) atoms. The highest BCUT2D eigenvalue weighted by Gasteiger charge is 2.23. The van der Waals surface area contributed by atoms with Crippen molar-refractivity contribution in [2.24, 2.45) is 0 Å². The molecule has 0 spiro atoms. The van der Waals surface area contributed by atoms with Gasteiger partial charge in [0.2, 0.25) is 0 Å². The van der Waals surface area contributed by atoms with Crippen molar-refractivity contribution in [3.63, 3.8) is 0 Å². The van der Waals surface area contributed by atoms with Crippen LogP contribution < -0.4 is 5.32 Å². The number of nitrogens with zero attached hydrogens (tertiary/aromatic N) is 1. The van der Waals surface area contributed by atoms with E-state index in [0.29, 0.717) is 5.69 Å². The zero-order valence-corrected chi connectivity index (χ0v) is 11.9. The molecule has 1 aliphatic rings. The summed E-state index contributed by atoms with van der Waals surface area (Å²) in [4.78, 5) is 10.5. The van der Waals surface area contributed by atoms with E-state index in [0.717, 1.165) is 23.1 Å². The van der Waals surface area contributed by atoms with Crippen LogP contribution in [0.25, 0.3) is 0 Å². The summed E-state index contributed by atoms with van der Waals surface area (Å²) in [6, 6.07) is 11.6. The number of benzene rings is 2. The van der Waals surface area contributed by atoms with E-state index in [1.54, 1.807) is 11.8 Å². The van der Waals surface area contributed by atoms with Crippen molar-refractivity contribution in [3.05, 3.63) is 69.5 Å². The summed E-state index contributed by atoms with van der Waals surface area (Å²) < 4.78 is 13.2. The Balaban J connectivity index is 1.93. The van der Waals surface area contributed by atoms with E-state index in [2.05, 4.69) is 11.4 Å². The number of hydrogen-bond acceptors (Lipinski definition) is 4. The molecule has 4 nitrogen and oxygen atoms in total. The Kier molecular flexibility index (Phi) is 3.79. The molecule has 0 bridgehead atoms. The molecule has 1 heterocycles. The molecule has 1 unspecified atom stereocenters. The topological polar surface area (TPSA) is 55.2 Å². The van der Waals surface area contributed by atoms with Crippen LogP contribution in [0.4, 0.5) is 15.8 Å². The highest BCUT2D eigenvalue weighted by molar-refractivity contribution is 7.98. The van der Waals surface area contributed by atoms with Crippen molar-refractivity contribution in [1.29, 1.82) is 0 Å². The molecule has 0 amide bonds. The van der Waals surface area contributed by atoms with Crippen molar-refractivity contribution < 1.29 is 9.31 Å². The Morgan fingerprint density at radius 3 is 2.90 bits per heavy atom. The van der Waals surface area contributed by atoms with Gasteiger partial charge in [0.25, 0.3) is 5.69 Å². The van der Waals surface area contributed by atoms with Gasteiger partial charge in [-0.3, -0.25) is 10.1 Å². The number of nitrogens with one attached hydrogen (secondary N) is 1. The molecule has 0 aliphatic carbocycles. The summed E-state index contributed by atoms with van der Waals surface area (Å²) in [6.45, 7) is 0. The Morgan fingerprint density at radius 1 is 1.29 bits per heavy atom. The van der Waals surface area contributed by atoms with Gasteiger partial charge in [-0.05, 0) is 23.3 Å². The molecule has 1 aliphatic heterocycles. The van der Waals surface area contributed by atoms with E-state index in [1.807, 2.05) is 18.2 Å². The number of thioether (sulfide) groups is 1. The predicted octanol–water partition coefficient (Wildman–Crippen LogP) is 4.13. The van der Waals surface area contributed by atoms with Crippen LogP contribution in [0.5, 0.6) is 0 Å². The van der Waals surface area contributed by atoms with Gasteiger partial charge in [-0.2, -0.15) is 11.8 Å². The Labute approximate surface area is 125 Å². The van der Waals surface area contributed by atoms with E-state index in [9.17, 15) is 14.5 Å². The van der Waals surface area contributed by atoms with Crippen LogP contribution in [-0.2, 0) is 5.75 Å². The Hall–Kier alpha value is -2.08. The number of anilines is 1. The van der Waals surface area contributed by atoms with E-state index in [4.69, 9.17) is 0 Å². The lowest BCUT2D eigenvalue weighted by atomic mass is 10.0. The van der Waals surface area contributed by atoms with Crippen molar-refractivity contribution >= 4 is 23.1 Å². The maximum absolute atomic E-state index is 13.2. The lowest BCUT2D eigenvalue weighted by molar-refractivity contribution is -0.384. The van der Waals surface area contributed by atoms with Crippen LogP contribution >= 0.6 is 11.8 Å². The summed E-state index contributed by atoms with van der Waals surface area (Å²) in [7, 11) is 0. The molecule has 0 saturated heterocycles. The first-order valence-corrected chi connectivity index (χ1v) is 7.66. The highest BCUT2D eigenvalue weighted by atomic mass is 32.2. The first kappa shape index (κ1) is 13.9. The minimum absolute atomic E-state index is 0.0101. The molecular weight excluding hydrogens is 291 g/mol. The number of fused-ring (bicyclic) bond motifs is 1. The smallest absolute Gasteiger partial charge is 0.295 e. The number of halogens is 1. The standard InChI is InChI=1S/C15H13FN2O2S/c16-11-5-6-13(15(7-11)18(19)20)17-14-9-21-8-10-3-1-2-4-12(10)14/h1-7,14,17H,8-9H2. The zero-order valence-electron chi connectivity index (χ0n) is 11.1. The molecule has 1 N–H and O–H groups in total. The maximum atomic E-state index is 13.2. The monoisotopic (exact) mass is 304 g/mol. The molecule has 0 fully saturated rings. The third-order valence-corrected chi connectivity index (χ3v) is 4.54. The zero-order chi connectivity index (χ0) is 14.8. The van der Waals surface area contributed by atoms with Crippen molar-refractivity contribution in [2.75, 3.05) is 11.1 Å². The summed E-state index contributed by atoms with van der Waals surface area (Å²) in [5.74, 6) is 1.16. The summed E-state index contributed by atoms with van der Waals surface area (Å²) in [5.41, 5.74) is 2.50. The molecule has 0 aromatic heterocycles. The summed E-state index contributed by atoms with van der Waals surface area (Å²) in [5, 5.41) is 14.2. The number of nitro benzene ring substituents is 1. The van der Waals surface area contributed by atoms with Gasteiger partial charge >= 0.3 is 0 Å². The molecule has 2 aromatic rings. The van der Waals surface area contributed by atoms with Gasteiger partial charge in [0.05, 0.1) is 17.0 Å². The van der Waals surface area contributed by atoms with Gasteiger partial charge in [-0.1, -0.05) is 24.3 Å².